The SMILES string of the molecule is CC(O)(C(c1ccccc1)c1ccccc1)C12CCCN1CCC2. The van der Waals surface area contributed by atoms with Crippen LogP contribution < -0.4 is 0 Å². The van der Waals surface area contributed by atoms with Crippen molar-refractivity contribution < 1.29 is 5.11 Å². The number of hydrogen-bond donors (Lipinski definition) is 1. The van der Waals surface area contributed by atoms with E-state index in [0.29, 0.717) is 0 Å². The zero-order valence-electron chi connectivity index (χ0n) is 14.5. The molecule has 126 valence electrons. The summed E-state index contributed by atoms with van der Waals surface area (Å²) in [6.07, 6.45) is 4.62. The summed E-state index contributed by atoms with van der Waals surface area (Å²) in [7, 11) is 0. The van der Waals surface area contributed by atoms with Gasteiger partial charge >= 0.3 is 0 Å². The Morgan fingerprint density at radius 2 is 1.33 bits per heavy atom. The smallest absolute Gasteiger partial charge is 0.0910 e. The van der Waals surface area contributed by atoms with Gasteiger partial charge in [-0.3, -0.25) is 4.90 Å². The first-order valence-corrected chi connectivity index (χ1v) is 9.22. The van der Waals surface area contributed by atoms with Crippen molar-refractivity contribution in [3.63, 3.8) is 0 Å². The fourth-order valence-corrected chi connectivity index (χ4v) is 5.33. The minimum Gasteiger partial charge on any atom is -0.387 e. The third-order valence-electron chi connectivity index (χ3n) is 6.41. The van der Waals surface area contributed by atoms with E-state index in [-0.39, 0.29) is 11.5 Å². The molecule has 2 aromatic carbocycles. The van der Waals surface area contributed by atoms with Gasteiger partial charge in [-0.1, -0.05) is 60.7 Å². The summed E-state index contributed by atoms with van der Waals surface area (Å²) in [6, 6.07) is 21.1. The van der Waals surface area contributed by atoms with Gasteiger partial charge in [-0.05, 0) is 56.8 Å². The van der Waals surface area contributed by atoms with Crippen molar-refractivity contribution in [1.29, 1.82) is 0 Å². The number of nitrogens with zero attached hydrogens (tertiary/aromatic N) is 1. The molecule has 2 saturated heterocycles. The third kappa shape index (κ3) is 2.32. The molecule has 0 spiro atoms. The molecule has 0 aromatic heterocycles. The molecular formula is C22H27NO. The maximum absolute atomic E-state index is 12.0. The highest BCUT2D eigenvalue weighted by Gasteiger charge is 2.58. The van der Waals surface area contributed by atoms with Crippen molar-refractivity contribution in [2.45, 2.75) is 49.7 Å². The van der Waals surface area contributed by atoms with Crippen LogP contribution in [0.4, 0.5) is 0 Å². The average molecular weight is 321 g/mol. The molecule has 0 aliphatic carbocycles. The molecule has 2 aromatic rings. The van der Waals surface area contributed by atoms with Gasteiger partial charge < -0.3 is 5.11 Å². The maximum atomic E-state index is 12.0. The third-order valence-corrected chi connectivity index (χ3v) is 6.41. The molecule has 4 rings (SSSR count). The Balaban J connectivity index is 1.84. The molecule has 2 aliphatic heterocycles. The lowest BCUT2D eigenvalue weighted by Crippen LogP contribution is -2.60. The van der Waals surface area contributed by atoms with E-state index in [2.05, 4.69) is 72.5 Å². The lowest BCUT2D eigenvalue weighted by Gasteiger charge is -2.49. The minimum atomic E-state index is -0.789. The lowest BCUT2D eigenvalue weighted by atomic mass is 9.66. The van der Waals surface area contributed by atoms with Crippen molar-refractivity contribution in [1.82, 2.24) is 4.90 Å². The van der Waals surface area contributed by atoms with Crippen molar-refractivity contribution in [2.75, 3.05) is 13.1 Å². The Bertz CT molecular complexity index is 630. The van der Waals surface area contributed by atoms with Gasteiger partial charge in [-0.2, -0.15) is 0 Å². The summed E-state index contributed by atoms with van der Waals surface area (Å²) in [5.74, 6) is -0.00130. The van der Waals surface area contributed by atoms with Crippen molar-refractivity contribution in [3.8, 4) is 0 Å². The van der Waals surface area contributed by atoms with Crippen LogP contribution in [0.25, 0.3) is 0 Å². The monoisotopic (exact) mass is 321 g/mol. The van der Waals surface area contributed by atoms with Gasteiger partial charge in [0.2, 0.25) is 0 Å². The highest BCUT2D eigenvalue weighted by atomic mass is 16.3. The van der Waals surface area contributed by atoms with Crippen LogP contribution in [0.1, 0.15) is 49.7 Å². The van der Waals surface area contributed by atoms with E-state index in [1.807, 2.05) is 0 Å². The summed E-state index contributed by atoms with van der Waals surface area (Å²) >= 11 is 0. The Hall–Kier alpha value is -1.64. The summed E-state index contributed by atoms with van der Waals surface area (Å²) in [5.41, 5.74) is 1.55. The Kier molecular flexibility index (Phi) is 3.98. The second-order valence-electron chi connectivity index (χ2n) is 7.63. The molecule has 2 heterocycles. The van der Waals surface area contributed by atoms with Crippen LogP contribution in [0.2, 0.25) is 0 Å². The Labute approximate surface area is 145 Å². The van der Waals surface area contributed by atoms with Crippen LogP contribution in [0.5, 0.6) is 0 Å². The lowest BCUT2D eigenvalue weighted by molar-refractivity contribution is -0.0805. The van der Waals surface area contributed by atoms with Gasteiger partial charge in [-0.25, -0.2) is 0 Å². The molecular weight excluding hydrogens is 294 g/mol. The Morgan fingerprint density at radius 1 is 0.875 bits per heavy atom. The van der Waals surface area contributed by atoms with Crippen LogP contribution in [-0.2, 0) is 0 Å². The van der Waals surface area contributed by atoms with Gasteiger partial charge in [0.05, 0.1) is 11.1 Å². The van der Waals surface area contributed by atoms with E-state index in [1.165, 1.54) is 24.0 Å². The van der Waals surface area contributed by atoms with E-state index < -0.39 is 5.60 Å². The molecule has 2 nitrogen and oxygen atoms in total. The zero-order chi connectivity index (χ0) is 16.6. The highest BCUT2D eigenvalue weighted by molar-refractivity contribution is 5.38. The molecule has 0 radical (unpaired) electrons. The second kappa shape index (κ2) is 6.02. The van der Waals surface area contributed by atoms with Gasteiger partial charge in [0.1, 0.15) is 0 Å². The van der Waals surface area contributed by atoms with Gasteiger partial charge in [0, 0.05) is 5.92 Å². The van der Waals surface area contributed by atoms with E-state index >= 15 is 0 Å². The standard InChI is InChI=1S/C22H27NO/c1-21(24,22-14-8-16-23(22)17-9-15-22)20(18-10-4-2-5-11-18)19-12-6-3-7-13-19/h2-7,10-13,20,24H,8-9,14-17H2,1H3. The van der Waals surface area contributed by atoms with Gasteiger partial charge in [0.15, 0.2) is 0 Å². The van der Waals surface area contributed by atoms with E-state index in [0.717, 1.165) is 25.9 Å². The largest absolute Gasteiger partial charge is 0.387 e. The van der Waals surface area contributed by atoms with Gasteiger partial charge in [0.25, 0.3) is 0 Å². The molecule has 0 bridgehead atoms. The normalized spacial score (nSPS) is 22.5. The number of hydrogen-bond acceptors (Lipinski definition) is 2. The van der Waals surface area contributed by atoms with Crippen molar-refractivity contribution in [2.24, 2.45) is 0 Å². The summed E-state index contributed by atoms with van der Waals surface area (Å²) < 4.78 is 0. The number of rotatable bonds is 4. The van der Waals surface area contributed by atoms with Crippen LogP contribution in [0.3, 0.4) is 0 Å². The number of fused-ring (bicyclic) bond motifs is 1. The molecule has 0 amide bonds. The summed E-state index contributed by atoms with van der Waals surface area (Å²) in [5, 5.41) is 12.0. The van der Waals surface area contributed by atoms with Crippen LogP contribution >= 0.6 is 0 Å². The first kappa shape index (κ1) is 15.9. The molecule has 2 aliphatic rings. The predicted octanol–water partition coefficient (Wildman–Crippen LogP) is 4.20. The Morgan fingerprint density at radius 3 is 1.79 bits per heavy atom. The van der Waals surface area contributed by atoms with E-state index in [1.54, 1.807) is 0 Å². The quantitative estimate of drug-likeness (QED) is 0.912. The topological polar surface area (TPSA) is 23.5 Å². The first-order valence-electron chi connectivity index (χ1n) is 9.22. The molecule has 2 heteroatoms. The predicted molar refractivity (Wildman–Crippen MR) is 98.1 cm³/mol. The first-order chi connectivity index (χ1) is 11.7. The van der Waals surface area contributed by atoms with Crippen molar-refractivity contribution >= 4 is 0 Å². The molecule has 1 N–H and O–H groups in total. The van der Waals surface area contributed by atoms with Gasteiger partial charge in [-0.15, -0.1) is 0 Å². The molecule has 1 unspecified atom stereocenters. The van der Waals surface area contributed by atoms with Crippen LogP contribution in [-0.4, -0.2) is 34.2 Å². The zero-order valence-corrected chi connectivity index (χ0v) is 14.5. The molecule has 2 fully saturated rings. The van der Waals surface area contributed by atoms with E-state index in [9.17, 15) is 5.11 Å². The molecule has 0 saturated carbocycles. The fraction of sp³-hybridized carbons (Fsp3) is 0.455. The summed E-state index contributed by atoms with van der Waals surface area (Å²) in [6.45, 7) is 4.35. The van der Waals surface area contributed by atoms with Crippen LogP contribution in [0, 0.1) is 0 Å². The number of aliphatic hydroxyl groups is 1. The highest BCUT2D eigenvalue weighted by Crippen LogP contribution is 2.52. The minimum absolute atomic E-state index is 0.00130. The van der Waals surface area contributed by atoms with E-state index in [4.69, 9.17) is 0 Å². The molecule has 1 atom stereocenters. The maximum Gasteiger partial charge on any atom is 0.0910 e. The fourth-order valence-electron chi connectivity index (χ4n) is 5.33. The second-order valence-corrected chi connectivity index (χ2v) is 7.63. The average Bonchev–Trinajstić information content (AvgIpc) is 3.18. The van der Waals surface area contributed by atoms with Crippen LogP contribution in [0.15, 0.2) is 60.7 Å². The summed E-state index contributed by atoms with van der Waals surface area (Å²) in [4.78, 5) is 2.56. The molecule has 24 heavy (non-hydrogen) atoms. The number of benzene rings is 2. The van der Waals surface area contributed by atoms with Crippen molar-refractivity contribution in [3.05, 3.63) is 71.8 Å².